The molecule has 22 heavy (non-hydrogen) atoms. The summed E-state index contributed by atoms with van der Waals surface area (Å²) in [6.45, 7) is 1.68. The molecule has 2 aromatic rings. The van der Waals surface area contributed by atoms with Gasteiger partial charge in [-0.15, -0.1) is 11.3 Å². The number of hydrogen-bond donors (Lipinski definition) is 1. The number of hydrogen-bond acceptors (Lipinski definition) is 4. The molecule has 0 bridgehead atoms. The lowest BCUT2D eigenvalue weighted by atomic mass is 10.1. The molecule has 0 radical (unpaired) electrons. The van der Waals surface area contributed by atoms with Gasteiger partial charge in [0.15, 0.2) is 5.01 Å². The highest BCUT2D eigenvalue weighted by atomic mass is 32.1. The summed E-state index contributed by atoms with van der Waals surface area (Å²) >= 11 is 1.33. The molecule has 1 amide bonds. The highest BCUT2D eigenvalue weighted by Gasteiger charge is 2.19. The van der Waals surface area contributed by atoms with Gasteiger partial charge in [0.25, 0.3) is 5.91 Å². The molecule has 1 aliphatic rings. The maximum Gasteiger partial charge on any atom is 0.265 e. The summed E-state index contributed by atoms with van der Waals surface area (Å²) < 4.78 is 0. The van der Waals surface area contributed by atoms with Crippen molar-refractivity contribution in [2.45, 2.75) is 19.3 Å². The van der Waals surface area contributed by atoms with Crippen molar-refractivity contribution in [3.63, 3.8) is 0 Å². The number of nitrogens with zero attached hydrogens (tertiary/aromatic N) is 2. The predicted octanol–water partition coefficient (Wildman–Crippen LogP) is 2.87. The van der Waals surface area contributed by atoms with E-state index in [2.05, 4.69) is 16.8 Å². The van der Waals surface area contributed by atoms with E-state index in [1.165, 1.54) is 17.8 Å². The van der Waals surface area contributed by atoms with Crippen molar-refractivity contribution in [2.75, 3.05) is 13.1 Å². The van der Waals surface area contributed by atoms with Crippen LogP contribution in [-0.2, 0) is 0 Å². The van der Waals surface area contributed by atoms with Crippen LogP contribution in [0.5, 0.6) is 5.75 Å². The first-order chi connectivity index (χ1) is 10.7. The smallest absolute Gasteiger partial charge is 0.265 e. The third kappa shape index (κ3) is 3.46. The minimum absolute atomic E-state index is 0.0647. The number of phenolic OH excluding ortho intramolecular Hbond substituents is 1. The van der Waals surface area contributed by atoms with Crippen molar-refractivity contribution >= 4 is 17.2 Å². The molecule has 0 saturated carbocycles. The summed E-state index contributed by atoms with van der Waals surface area (Å²) in [5.74, 6) is 6.23. The fraction of sp³-hybridized carbons (Fsp3) is 0.294. The zero-order valence-electron chi connectivity index (χ0n) is 12.1. The average molecular weight is 312 g/mol. The number of thiazole rings is 1. The lowest BCUT2D eigenvalue weighted by molar-refractivity contribution is 0.0729. The van der Waals surface area contributed by atoms with E-state index in [9.17, 15) is 9.90 Å². The number of rotatable bonds is 1. The van der Waals surface area contributed by atoms with E-state index < -0.39 is 0 Å². The summed E-state index contributed by atoms with van der Waals surface area (Å²) in [4.78, 5) is 19.1. The lowest BCUT2D eigenvalue weighted by Gasteiger charge is -2.25. The van der Waals surface area contributed by atoms with Gasteiger partial charge in [0.2, 0.25) is 0 Å². The molecular weight excluding hydrogens is 296 g/mol. The van der Waals surface area contributed by atoms with Gasteiger partial charge in [0, 0.05) is 18.7 Å². The molecular formula is C17H16N2O2S. The predicted molar refractivity (Wildman–Crippen MR) is 86.0 cm³/mol. The van der Waals surface area contributed by atoms with E-state index in [4.69, 9.17) is 0 Å². The molecule has 0 unspecified atom stereocenters. The Morgan fingerprint density at radius 3 is 2.59 bits per heavy atom. The van der Waals surface area contributed by atoms with Crippen molar-refractivity contribution < 1.29 is 9.90 Å². The monoisotopic (exact) mass is 312 g/mol. The molecule has 4 nitrogen and oxygen atoms in total. The highest BCUT2D eigenvalue weighted by Crippen LogP contribution is 2.18. The Morgan fingerprint density at radius 2 is 1.86 bits per heavy atom. The maximum atomic E-state index is 12.3. The SMILES string of the molecule is O=C(c1cnc(C#Cc2ccc(O)cc2)s1)N1CCCCC1. The number of carbonyl (C=O) groups is 1. The van der Waals surface area contributed by atoms with Crippen LogP contribution in [0.4, 0.5) is 0 Å². The van der Waals surface area contributed by atoms with Gasteiger partial charge >= 0.3 is 0 Å². The molecule has 112 valence electrons. The molecule has 1 aromatic carbocycles. The van der Waals surface area contributed by atoms with Crippen LogP contribution in [0.15, 0.2) is 30.5 Å². The van der Waals surface area contributed by atoms with Gasteiger partial charge in [0.1, 0.15) is 10.6 Å². The van der Waals surface area contributed by atoms with Gasteiger partial charge in [0.05, 0.1) is 6.20 Å². The molecule has 0 aliphatic carbocycles. The quantitative estimate of drug-likeness (QED) is 0.824. The molecule has 1 N–H and O–H groups in total. The zero-order chi connectivity index (χ0) is 15.4. The summed E-state index contributed by atoms with van der Waals surface area (Å²) in [7, 11) is 0. The number of amides is 1. The normalized spacial score (nSPS) is 14.3. The summed E-state index contributed by atoms with van der Waals surface area (Å²) in [5.41, 5.74) is 0.803. The molecule has 0 spiro atoms. The Morgan fingerprint density at radius 1 is 1.14 bits per heavy atom. The second-order valence-electron chi connectivity index (χ2n) is 5.18. The van der Waals surface area contributed by atoms with Gasteiger partial charge in [-0.1, -0.05) is 5.92 Å². The third-order valence-electron chi connectivity index (χ3n) is 3.54. The van der Waals surface area contributed by atoms with Gasteiger partial charge < -0.3 is 10.0 Å². The Bertz CT molecular complexity index is 719. The minimum Gasteiger partial charge on any atom is -0.508 e. The summed E-state index contributed by atoms with van der Waals surface area (Å²) in [6, 6.07) is 6.68. The molecule has 1 fully saturated rings. The van der Waals surface area contributed by atoms with E-state index in [-0.39, 0.29) is 11.7 Å². The fourth-order valence-electron chi connectivity index (χ4n) is 2.35. The lowest BCUT2D eigenvalue weighted by Crippen LogP contribution is -2.35. The number of aromatic nitrogens is 1. The zero-order valence-corrected chi connectivity index (χ0v) is 12.9. The molecule has 0 atom stereocenters. The minimum atomic E-state index is 0.0647. The van der Waals surface area contributed by atoms with Gasteiger partial charge in [-0.05, 0) is 49.4 Å². The highest BCUT2D eigenvalue weighted by molar-refractivity contribution is 7.14. The van der Waals surface area contributed by atoms with Crippen LogP contribution >= 0.6 is 11.3 Å². The molecule has 1 aromatic heterocycles. The first-order valence-corrected chi connectivity index (χ1v) is 8.10. The van der Waals surface area contributed by atoms with Crippen LogP contribution in [0.25, 0.3) is 0 Å². The molecule has 5 heteroatoms. The van der Waals surface area contributed by atoms with Gasteiger partial charge in [-0.25, -0.2) is 4.98 Å². The number of piperidine rings is 1. The number of likely N-dealkylation sites (tertiary alicyclic amines) is 1. The van der Waals surface area contributed by atoms with E-state index in [0.29, 0.717) is 9.88 Å². The second kappa shape index (κ2) is 6.63. The maximum absolute atomic E-state index is 12.3. The summed E-state index contributed by atoms with van der Waals surface area (Å²) in [5, 5.41) is 9.86. The van der Waals surface area contributed by atoms with Crippen LogP contribution in [0.3, 0.4) is 0 Å². The first kappa shape index (κ1) is 14.6. The van der Waals surface area contributed by atoms with Crippen LogP contribution in [0.2, 0.25) is 0 Å². The Labute approximate surface area is 133 Å². The Kier molecular flexibility index (Phi) is 4.40. The van der Waals surface area contributed by atoms with Crippen molar-refractivity contribution in [1.29, 1.82) is 0 Å². The number of benzene rings is 1. The summed E-state index contributed by atoms with van der Waals surface area (Å²) in [6.07, 6.45) is 4.98. The molecule has 2 heterocycles. The topological polar surface area (TPSA) is 53.4 Å². The Balaban J connectivity index is 1.71. The fourth-order valence-corrected chi connectivity index (χ4v) is 3.09. The van der Waals surface area contributed by atoms with Gasteiger partial charge in [-0.2, -0.15) is 0 Å². The van der Waals surface area contributed by atoms with E-state index >= 15 is 0 Å². The number of carbonyl (C=O) groups excluding carboxylic acids is 1. The molecule has 1 saturated heterocycles. The standard InChI is InChI=1S/C17H16N2O2S/c20-14-7-4-13(5-8-14)6-9-16-18-12-15(22-16)17(21)19-10-2-1-3-11-19/h4-5,7-8,12,20H,1-3,10-11H2. The molecule has 1 aliphatic heterocycles. The molecule has 3 rings (SSSR count). The van der Waals surface area contributed by atoms with Crippen molar-refractivity contribution in [3.8, 4) is 17.6 Å². The van der Waals surface area contributed by atoms with Gasteiger partial charge in [-0.3, -0.25) is 4.79 Å². The van der Waals surface area contributed by atoms with Crippen molar-refractivity contribution in [2.24, 2.45) is 0 Å². The van der Waals surface area contributed by atoms with E-state index in [1.807, 2.05) is 4.90 Å². The van der Waals surface area contributed by atoms with Crippen LogP contribution < -0.4 is 0 Å². The average Bonchev–Trinajstić information content (AvgIpc) is 3.03. The van der Waals surface area contributed by atoms with Crippen molar-refractivity contribution in [1.82, 2.24) is 9.88 Å². The van der Waals surface area contributed by atoms with E-state index in [0.717, 1.165) is 31.5 Å². The number of phenols is 1. The number of aromatic hydroxyl groups is 1. The van der Waals surface area contributed by atoms with Crippen LogP contribution in [-0.4, -0.2) is 34.0 Å². The Hall–Kier alpha value is -2.32. The van der Waals surface area contributed by atoms with Crippen LogP contribution in [0.1, 0.15) is 39.5 Å². The van der Waals surface area contributed by atoms with Crippen molar-refractivity contribution in [3.05, 3.63) is 45.9 Å². The van der Waals surface area contributed by atoms with E-state index in [1.54, 1.807) is 30.5 Å². The first-order valence-electron chi connectivity index (χ1n) is 7.28. The van der Waals surface area contributed by atoms with Crippen LogP contribution in [0, 0.1) is 11.8 Å². The third-order valence-corrected chi connectivity index (χ3v) is 4.44. The second-order valence-corrected chi connectivity index (χ2v) is 6.21. The largest absolute Gasteiger partial charge is 0.508 e.